The van der Waals surface area contributed by atoms with Crippen LogP contribution in [0.4, 0.5) is 5.69 Å². The topological polar surface area (TPSA) is 50.2 Å². The summed E-state index contributed by atoms with van der Waals surface area (Å²) in [5.41, 5.74) is 3.42. The molecule has 21 heavy (non-hydrogen) atoms. The molecule has 0 aliphatic carbocycles. The maximum atomic E-state index is 12.0. The standard InChI is InChI=1S/C15H19ClN4O/c1-10-12(9-20(4)18-10)8-17-14-7-11(5-6-13(14)16)15(21)19(2)3/h5-7,9,17H,8H2,1-4H3. The van der Waals surface area contributed by atoms with Gasteiger partial charge in [0.15, 0.2) is 0 Å². The molecule has 2 rings (SSSR count). The molecule has 0 saturated carbocycles. The Bertz CT molecular complexity index is 664. The fourth-order valence-electron chi connectivity index (χ4n) is 2.06. The number of carbonyl (C=O) groups is 1. The van der Waals surface area contributed by atoms with E-state index in [0.29, 0.717) is 17.1 Å². The molecule has 0 fully saturated rings. The Morgan fingerprint density at radius 3 is 2.71 bits per heavy atom. The van der Waals surface area contributed by atoms with Crippen LogP contribution in [-0.2, 0) is 13.6 Å². The van der Waals surface area contributed by atoms with E-state index in [9.17, 15) is 4.79 Å². The number of hydrogen-bond donors (Lipinski definition) is 1. The molecule has 112 valence electrons. The van der Waals surface area contributed by atoms with Crippen LogP contribution in [0.2, 0.25) is 5.02 Å². The summed E-state index contributed by atoms with van der Waals surface area (Å²) in [4.78, 5) is 13.5. The Balaban J connectivity index is 2.18. The highest BCUT2D eigenvalue weighted by Gasteiger charge is 2.11. The molecule has 1 heterocycles. The summed E-state index contributed by atoms with van der Waals surface area (Å²) in [5.74, 6) is -0.0488. The first-order valence-corrected chi connectivity index (χ1v) is 7.00. The van der Waals surface area contributed by atoms with Crippen molar-refractivity contribution < 1.29 is 4.79 Å². The average Bonchev–Trinajstić information content (AvgIpc) is 2.75. The normalized spacial score (nSPS) is 10.5. The van der Waals surface area contributed by atoms with E-state index < -0.39 is 0 Å². The Hall–Kier alpha value is -2.01. The minimum Gasteiger partial charge on any atom is -0.380 e. The number of hydrogen-bond acceptors (Lipinski definition) is 3. The van der Waals surface area contributed by atoms with Crippen LogP contribution in [0, 0.1) is 6.92 Å². The van der Waals surface area contributed by atoms with Crippen molar-refractivity contribution in [2.24, 2.45) is 7.05 Å². The SMILES string of the molecule is Cc1nn(C)cc1CNc1cc(C(=O)N(C)C)ccc1Cl. The highest BCUT2D eigenvalue weighted by atomic mass is 35.5. The molecular formula is C15H19ClN4O. The molecule has 6 heteroatoms. The third-order valence-corrected chi connectivity index (χ3v) is 3.53. The first kappa shape index (κ1) is 15.4. The molecular weight excluding hydrogens is 288 g/mol. The van der Waals surface area contributed by atoms with Gasteiger partial charge in [0.25, 0.3) is 5.91 Å². The van der Waals surface area contributed by atoms with Crippen molar-refractivity contribution in [3.63, 3.8) is 0 Å². The van der Waals surface area contributed by atoms with Crippen LogP contribution in [0.15, 0.2) is 24.4 Å². The fraction of sp³-hybridized carbons (Fsp3) is 0.333. The molecule has 1 amide bonds. The van der Waals surface area contributed by atoms with Gasteiger partial charge in [-0.3, -0.25) is 9.48 Å². The Morgan fingerprint density at radius 2 is 2.14 bits per heavy atom. The maximum Gasteiger partial charge on any atom is 0.253 e. The number of anilines is 1. The molecule has 0 atom stereocenters. The Labute approximate surface area is 129 Å². The van der Waals surface area contributed by atoms with Crippen LogP contribution in [0.5, 0.6) is 0 Å². The summed E-state index contributed by atoms with van der Waals surface area (Å²) >= 11 is 6.18. The summed E-state index contributed by atoms with van der Waals surface area (Å²) in [5, 5.41) is 8.15. The molecule has 1 aromatic heterocycles. The lowest BCUT2D eigenvalue weighted by Crippen LogP contribution is -2.21. The Kier molecular flexibility index (Phi) is 4.53. The minimum atomic E-state index is -0.0488. The lowest BCUT2D eigenvalue weighted by atomic mass is 10.1. The first-order chi connectivity index (χ1) is 9.88. The van der Waals surface area contributed by atoms with E-state index >= 15 is 0 Å². The quantitative estimate of drug-likeness (QED) is 0.945. The Morgan fingerprint density at radius 1 is 1.43 bits per heavy atom. The van der Waals surface area contributed by atoms with Gasteiger partial charge in [-0.05, 0) is 25.1 Å². The van der Waals surface area contributed by atoms with Crippen molar-refractivity contribution in [1.29, 1.82) is 0 Å². The molecule has 0 bridgehead atoms. The smallest absolute Gasteiger partial charge is 0.253 e. The van der Waals surface area contributed by atoms with Crippen molar-refractivity contribution in [3.05, 3.63) is 46.2 Å². The van der Waals surface area contributed by atoms with Gasteiger partial charge in [-0.1, -0.05) is 11.6 Å². The molecule has 0 unspecified atom stereocenters. The minimum absolute atomic E-state index is 0.0488. The third kappa shape index (κ3) is 3.55. The molecule has 5 nitrogen and oxygen atoms in total. The number of nitrogens with one attached hydrogen (secondary N) is 1. The number of aromatic nitrogens is 2. The zero-order valence-electron chi connectivity index (χ0n) is 12.6. The molecule has 0 aliphatic rings. The van der Waals surface area contributed by atoms with Crippen molar-refractivity contribution in [3.8, 4) is 0 Å². The van der Waals surface area contributed by atoms with Gasteiger partial charge in [-0.25, -0.2) is 0 Å². The highest BCUT2D eigenvalue weighted by Crippen LogP contribution is 2.24. The zero-order chi connectivity index (χ0) is 15.6. The van der Waals surface area contributed by atoms with E-state index in [2.05, 4.69) is 10.4 Å². The van der Waals surface area contributed by atoms with Crippen LogP contribution < -0.4 is 5.32 Å². The number of rotatable bonds is 4. The highest BCUT2D eigenvalue weighted by molar-refractivity contribution is 6.33. The van der Waals surface area contributed by atoms with Gasteiger partial charge in [0.1, 0.15) is 0 Å². The fourth-order valence-corrected chi connectivity index (χ4v) is 2.25. The van der Waals surface area contributed by atoms with Crippen LogP contribution in [0.25, 0.3) is 0 Å². The number of nitrogens with zero attached hydrogens (tertiary/aromatic N) is 3. The van der Waals surface area contributed by atoms with E-state index in [0.717, 1.165) is 16.9 Å². The number of amides is 1. The van der Waals surface area contributed by atoms with Gasteiger partial charge in [0, 0.05) is 45.0 Å². The first-order valence-electron chi connectivity index (χ1n) is 6.62. The second-order valence-electron chi connectivity index (χ2n) is 5.16. The van der Waals surface area contributed by atoms with E-state index in [1.54, 1.807) is 37.0 Å². The summed E-state index contributed by atoms with van der Waals surface area (Å²) in [6, 6.07) is 5.23. The molecule has 0 radical (unpaired) electrons. The summed E-state index contributed by atoms with van der Waals surface area (Å²) in [6.45, 7) is 2.57. The van der Waals surface area contributed by atoms with Crippen molar-refractivity contribution in [2.75, 3.05) is 19.4 Å². The van der Waals surface area contributed by atoms with Crippen LogP contribution in [0.3, 0.4) is 0 Å². The molecule has 2 aromatic rings. The van der Waals surface area contributed by atoms with E-state index in [4.69, 9.17) is 11.6 Å². The summed E-state index contributed by atoms with van der Waals surface area (Å²) in [6.07, 6.45) is 1.96. The lowest BCUT2D eigenvalue weighted by molar-refractivity contribution is 0.0827. The third-order valence-electron chi connectivity index (χ3n) is 3.20. The number of benzene rings is 1. The van der Waals surface area contributed by atoms with E-state index in [1.807, 2.05) is 20.2 Å². The van der Waals surface area contributed by atoms with Gasteiger partial charge in [-0.15, -0.1) is 0 Å². The van der Waals surface area contributed by atoms with Gasteiger partial charge in [0.2, 0.25) is 0 Å². The van der Waals surface area contributed by atoms with Gasteiger partial charge < -0.3 is 10.2 Å². The van der Waals surface area contributed by atoms with Gasteiger partial charge in [-0.2, -0.15) is 5.10 Å². The second-order valence-corrected chi connectivity index (χ2v) is 5.57. The molecule has 0 aliphatic heterocycles. The molecule has 0 saturated heterocycles. The van der Waals surface area contributed by atoms with Crippen molar-refractivity contribution in [1.82, 2.24) is 14.7 Å². The van der Waals surface area contributed by atoms with Crippen molar-refractivity contribution >= 4 is 23.2 Å². The zero-order valence-corrected chi connectivity index (χ0v) is 13.4. The molecule has 1 N–H and O–H groups in total. The summed E-state index contributed by atoms with van der Waals surface area (Å²) in [7, 11) is 5.34. The molecule has 1 aromatic carbocycles. The number of halogens is 1. The lowest BCUT2D eigenvalue weighted by Gasteiger charge is -2.13. The van der Waals surface area contributed by atoms with Gasteiger partial charge in [0.05, 0.1) is 16.4 Å². The van der Waals surface area contributed by atoms with Crippen molar-refractivity contribution in [2.45, 2.75) is 13.5 Å². The largest absolute Gasteiger partial charge is 0.380 e. The summed E-state index contributed by atoms with van der Waals surface area (Å²) < 4.78 is 1.78. The maximum absolute atomic E-state index is 12.0. The predicted octanol–water partition coefficient (Wildman–Crippen LogP) is 2.70. The molecule has 0 spiro atoms. The van der Waals surface area contributed by atoms with E-state index in [1.165, 1.54) is 4.90 Å². The van der Waals surface area contributed by atoms with Crippen LogP contribution in [-0.4, -0.2) is 34.7 Å². The number of carbonyl (C=O) groups excluding carboxylic acids is 1. The monoisotopic (exact) mass is 306 g/mol. The van der Waals surface area contributed by atoms with E-state index in [-0.39, 0.29) is 5.91 Å². The van der Waals surface area contributed by atoms with Crippen LogP contribution in [0.1, 0.15) is 21.6 Å². The second kappa shape index (κ2) is 6.18. The number of aryl methyl sites for hydroxylation is 2. The average molecular weight is 307 g/mol. The predicted molar refractivity (Wildman–Crippen MR) is 84.7 cm³/mol. The van der Waals surface area contributed by atoms with Gasteiger partial charge >= 0.3 is 0 Å². The van der Waals surface area contributed by atoms with Crippen LogP contribution >= 0.6 is 11.6 Å².